The highest BCUT2D eigenvalue weighted by molar-refractivity contribution is 5.50. The molecule has 0 saturated carbocycles. The highest BCUT2D eigenvalue weighted by atomic mass is 16.3. The third-order valence-electron chi connectivity index (χ3n) is 2.44. The number of hydrogen-bond donors (Lipinski definition) is 3. The number of aryl methyl sites for hydroxylation is 1. The van der Waals surface area contributed by atoms with Gasteiger partial charge in [-0.25, -0.2) is 0 Å². The Balaban J connectivity index is 2.95. The quantitative estimate of drug-likeness (QED) is 0.636. The summed E-state index contributed by atoms with van der Waals surface area (Å²) in [5, 5.41) is 9.86. The van der Waals surface area contributed by atoms with Gasteiger partial charge >= 0.3 is 0 Å². The van der Waals surface area contributed by atoms with Crippen LogP contribution in [0.4, 0.5) is 5.69 Å². The van der Waals surface area contributed by atoms with Gasteiger partial charge in [0.05, 0.1) is 6.10 Å². The van der Waals surface area contributed by atoms with Crippen LogP contribution in [-0.2, 0) is 0 Å². The summed E-state index contributed by atoms with van der Waals surface area (Å²) in [4.78, 5) is 0. The monoisotopic (exact) mass is 194 g/mol. The van der Waals surface area contributed by atoms with Gasteiger partial charge in [-0.3, -0.25) is 0 Å². The lowest BCUT2D eigenvalue weighted by Crippen LogP contribution is -2.27. The highest BCUT2D eigenvalue weighted by Gasteiger charge is 2.17. The Morgan fingerprint density at radius 2 is 2.07 bits per heavy atom. The van der Waals surface area contributed by atoms with Crippen LogP contribution in [0, 0.1) is 6.92 Å². The molecule has 2 atom stereocenters. The minimum absolute atomic E-state index is 0.250. The molecule has 0 aliphatic heterocycles. The molecule has 3 nitrogen and oxygen atoms in total. The van der Waals surface area contributed by atoms with Gasteiger partial charge in [-0.05, 0) is 25.0 Å². The Bertz CT molecular complexity index is 312. The predicted molar refractivity (Wildman–Crippen MR) is 58.8 cm³/mol. The lowest BCUT2D eigenvalue weighted by atomic mass is 9.98. The highest BCUT2D eigenvalue weighted by Crippen LogP contribution is 2.24. The summed E-state index contributed by atoms with van der Waals surface area (Å²) < 4.78 is 0. The van der Waals surface area contributed by atoms with Gasteiger partial charge in [0, 0.05) is 17.3 Å². The van der Waals surface area contributed by atoms with Crippen molar-refractivity contribution in [3.63, 3.8) is 0 Å². The van der Waals surface area contributed by atoms with Gasteiger partial charge in [0.15, 0.2) is 0 Å². The number of aliphatic hydroxyl groups is 1. The average Bonchev–Trinajstić information content (AvgIpc) is 2.15. The molecule has 1 rings (SSSR count). The van der Waals surface area contributed by atoms with E-state index in [4.69, 9.17) is 11.5 Å². The van der Waals surface area contributed by atoms with Gasteiger partial charge in [-0.2, -0.15) is 0 Å². The third kappa shape index (κ3) is 2.25. The molecule has 1 aromatic carbocycles. The number of benzene rings is 1. The van der Waals surface area contributed by atoms with Gasteiger partial charge < -0.3 is 16.6 Å². The van der Waals surface area contributed by atoms with E-state index in [1.165, 1.54) is 0 Å². The maximum Gasteiger partial charge on any atom is 0.0960 e. The summed E-state index contributed by atoms with van der Waals surface area (Å²) in [7, 11) is 0. The molecular weight excluding hydrogens is 176 g/mol. The van der Waals surface area contributed by atoms with Crippen LogP contribution < -0.4 is 11.5 Å². The Morgan fingerprint density at radius 3 is 2.57 bits per heavy atom. The van der Waals surface area contributed by atoms with Crippen molar-refractivity contribution in [1.29, 1.82) is 0 Å². The minimum Gasteiger partial charge on any atom is -0.398 e. The Morgan fingerprint density at radius 1 is 1.43 bits per heavy atom. The minimum atomic E-state index is -0.666. The molecule has 1 aromatic rings. The fourth-order valence-electron chi connectivity index (χ4n) is 1.42. The van der Waals surface area contributed by atoms with Crippen LogP contribution in [0.25, 0.3) is 0 Å². The molecule has 0 unspecified atom stereocenters. The van der Waals surface area contributed by atoms with E-state index < -0.39 is 6.10 Å². The predicted octanol–water partition coefficient (Wildman–Crippen LogP) is 1.35. The number of nitrogen functional groups attached to an aromatic ring is 1. The van der Waals surface area contributed by atoms with Crippen LogP contribution in [-0.4, -0.2) is 11.1 Å². The van der Waals surface area contributed by atoms with Crippen LogP contribution in [0.3, 0.4) is 0 Å². The van der Waals surface area contributed by atoms with Crippen molar-refractivity contribution in [1.82, 2.24) is 0 Å². The largest absolute Gasteiger partial charge is 0.398 e. The number of aliphatic hydroxyl groups excluding tert-OH is 1. The fraction of sp³-hybridized carbons (Fsp3) is 0.455. The van der Waals surface area contributed by atoms with Gasteiger partial charge in [0.25, 0.3) is 0 Å². The Labute approximate surface area is 84.7 Å². The molecule has 0 saturated heterocycles. The Kier molecular flexibility index (Phi) is 3.49. The molecule has 14 heavy (non-hydrogen) atoms. The Hall–Kier alpha value is -1.06. The van der Waals surface area contributed by atoms with Crippen LogP contribution in [0.2, 0.25) is 0 Å². The smallest absolute Gasteiger partial charge is 0.0960 e. The first-order valence-corrected chi connectivity index (χ1v) is 4.86. The van der Waals surface area contributed by atoms with Crippen molar-refractivity contribution < 1.29 is 5.11 Å². The van der Waals surface area contributed by atoms with Crippen molar-refractivity contribution in [3.8, 4) is 0 Å². The first-order chi connectivity index (χ1) is 6.56. The fourth-order valence-corrected chi connectivity index (χ4v) is 1.42. The van der Waals surface area contributed by atoms with Crippen molar-refractivity contribution in [3.05, 3.63) is 29.3 Å². The van der Waals surface area contributed by atoms with Gasteiger partial charge in [-0.1, -0.05) is 19.1 Å². The molecule has 3 heteroatoms. The molecule has 0 fully saturated rings. The van der Waals surface area contributed by atoms with Crippen LogP contribution in [0.15, 0.2) is 18.2 Å². The second-order valence-corrected chi connectivity index (χ2v) is 3.65. The van der Waals surface area contributed by atoms with E-state index in [2.05, 4.69) is 0 Å². The lowest BCUT2D eigenvalue weighted by molar-refractivity contribution is 0.145. The van der Waals surface area contributed by atoms with Crippen LogP contribution in [0.1, 0.15) is 30.6 Å². The first-order valence-electron chi connectivity index (χ1n) is 4.86. The third-order valence-corrected chi connectivity index (χ3v) is 2.44. The molecule has 0 heterocycles. The zero-order valence-electron chi connectivity index (χ0n) is 8.70. The summed E-state index contributed by atoms with van der Waals surface area (Å²) >= 11 is 0. The summed E-state index contributed by atoms with van der Waals surface area (Å²) in [6.45, 7) is 3.91. The summed E-state index contributed by atoms with van der Waals surface area (Å²) in [6.07, 6.45) is 0.0645. The molecule has 5 N–H and O–H groups in total. The van der Waals surface area contributed by atoms with Crippen molar-refractivity contribution in [2.24, 2.45) is 5.73 Å². The molecule has 0 aliphatic rings. The molecule has 0 bridgehead atoms. The van der Waals surface area contributed by atoms with Crippen molar-refractivity contribution in [2.45, 2.75) is 32.4 Å². The molecule has 78 valence electrons. The van der Waals surface area contributed by atoms with Crippen molar-refractivity contribution in [2.75, 3.05) is 5.73 Å². The van der Waals surface area contributed by atoms with Gasteiger partial charge in [-0.15, -0.1) is 0 Å². The van der Waals surface area contributed by atoms with Gasteiger partial charge in [0.1, 0.15) is 0 Å². The summed E-state index contributed by atoms with van der Waals surface area (Å²) in [6, 6.07) is 5.36. The van der Waals surface area contributed by atoms with Crippen molar-refractivity contribution >= 4 is 5.69 Å². The maximum atomic E-state index is 9.86. The summed E-state index contributed by atoms with van der Waals surface area (Å²) in [5.41, 5.74) is 14.0. The second kappa shape index (κ2) is 4.44. The van der Waals surface area contributed by atoms with E-state index in [1.54, 1.807) is 0 Å². The van der Waals surface area contributed by atoms with Crippen LogP contribution in [0.5, 0.6) is 0 Å². The normalized spacial score (nSPS) is 15.1. The number of nitrogens with two attached hydrogens (primary N) is 2. The molecule has 0 aliphatic carbocycles. The van der Waals surface area contributed by atoms with E-state index in [9.17, 15) is 5.11 Å². The molecule has 0 radical (unpaired) electrons. The number of rotatable bonds is 3. The average molecular weight is 194 g/mol. The van der Waals surface area contributed by atoms with E-state index >= 15 is 0 Å². The summed E-state index contributed by atoms with van der Waals surface area (Å²) in [5.74, 6) is 0. The standard InChI is InChI=1S/C11H18N2O/c1-3-9(12)11(14)8-5-4-7(2)6-10(8)13/h4-6,9,11,14H,3,12-13H2,1-2H3/t9-,11+/m0/s1. The van der Waals surface area contributed by atoms with E-state index in [0.29, 0.717) is 5.69 Å². The SMILES string of the molecule is CC[C@H](N)[C@H](O)c1ccc(C)cc1N. The second-order valence-electron chi connectivity index (χ2n) is 3.65. The maximum absolute atomic E-state index is 9.86. The zero-order chi connectivity index (χ0) is 10.7. The molecule has 0 amide bonds. The van der Waals surface area contributed by atoms with E-state index in [-0.39, 0.29) is 6.04 Å². The van der Waals surface area contributed by atoms with E-state index in [1.807, 2.05) is 32.0 Å². The number of anilines is 1. The topological polar surface area (TPSA) is 72.3 Å². The van der Waals surface area contributed by atoms with Crippen LogP contribution >= 0.6 is 0 Å². The number of hydrogen-bond acceptors (Lipinski definition) is 3. The first kappa shape index (κ1) is 11.0. The van der Waals surface area contributed by atoms with Gasteiger partial charge in [0.2, 0.25) is 0 Å². The molecule has 0 aromatic heterocycles. The van der Waals surface area contributed by atoms with E-state index in [0.717, 1.165) is 17.5 Å². The molecule has 0 spiro atoms. The zero-order valence-corrected chi connectivity index (χ0v) is 8.70. The lowest BCUT2D eigenvalue weighted by Gasteiger charge is -2.19. The molecular formula is C11H18N2O.